The van der Waals surface area contributed by atoms with Crippen LogP contribution in [0.1, 0.15) is 13.8 Å². The van der Waals surface area contributed by atoms with Crippen LogP contribution in [-0.4, -0.2) is 28.7 Å². The van der Waals surface area contributed by atoms with Crippen LogP contribution in [0.4, 0.5) is 0 Å². The van der Waals surface area contributed by atoms with E-state index in [1.54, 1.807) is 0 Å². The predicted molar refractivity (Wildman–Crippen MR) is 40.5 cm³/mol. The van der Waals surface area contributed by atoms with E-state index in [1.165, 1.54) is 0 Å². The first-order valence-corrected chi connectivity index (χ1v) is 3.37. The van der Waals surface area contributed by atoms with E-state index in [1.807, 2.05) is 0 Å². The fourth-order valence-electron chi connectivity index (χ4n) is 0.935. The van der Waals surface area contributed by atoms with Gasteiger partial charge in [-0.05, 0) is 13.8 Å². The normalized spacial score (nSPS) is 12.7. The maximum Gasteiger partial charge on any atom is 0.321 e. The first kappa shape index (κ1) is 10.8. The molecule has 5 heteroatoms. The Kier molecular flexibility index (Phi) is 3.56. The molecule has 0 aliphatic heterocycles. The van der Waals surface area contributed by atoms with Crippen molar-refractivity contribution in [3.05, 3.63) is 0 Å². The van der Waals surface area contributed by atoms with Crippen LogP contribution in [0, 0.1) is 5.92 Å². The minimum absolute atomic E-state index is 0.516. The molecule has 0 radical (unpaired) electrons. The highest BCUT2D eigenvalue weighted by molar-refractivity contribution is 6.04. The molecule has 0 bridgehead atoms. The van der Waals surface area contributed by atoms with Crippen molar-refractivity contribution < 1.29 is 19.5 Å². The maximum atomic E-state index is 10.8. The van der Waals surface area contributed by atoms with Crippen molar-refractivity contribution in [3.63, 3.8) is 0 Å². The number of carboxylic acids is 1. The third-order valence-electron chi connectivity index (χ3n) is 1.52. The number of carbonyl (C=O) groups is 3. The van der Waals surface area contributed by atoms with Gasteiger partial charge in [0.05, 0.1) is 0 Å². The van der Waals surface area contributed by atoms with Crippen LogP contribution >= 0.6 is 0 Å². The Balaban J connectivity index is 4.63. The van der Waals surface area contributed by atoms with Gasteiger partial charge in [0.25, 0.3) is 0 Å². The Bertz CT molecular complexity index is 209. The highest BCUT2D eigenvalue weighted by Gasteiger charge is 2.31. The minimum Gasteiger partial charge on any atom is -0.480 e. The molecule has 0 aromatic rings. The topological polar surface area (TPSA) is 97.5 Å². The van der Waals surface area contributed by atoms with Gasteiger partial charge < -0.3 is 10.8 Å². The summed E-state index contributed by atoms with van der Waals surface area (Å²) in [6, 6.07) is -1.43. The quantitative estimate of drug-likeness (QED) is 0.542. The van der Waals surface area contributed by atoms with E-state index in [-0.39, 0.29) is 0 Å². The molecule has 0 rings (SSSR count). The number of carboxylic acid groups (broad SMARTS) is 1. The van der Waals surface area contributed by atoms with Crippen LogP contribution in [0.5, 0.6) is 0 Å². The average Bonchev–Trinajstić information content (AvgIpc) is 1.85. The number of hydrogen-bond acceptors (Lipinski definition) is 4. The van der Waals surface area contributed by atoms with E-state index in [4.69, 9.17) is 10.8 Å². The molecule has 0 saturated carbocycles. The SMILES string of the molecule is CC(=O)C(C(C)=O)C(N)C(=O)O. The van der Waals surface area contributed by atoms with Crippen LogP contribution in [0.3, 0.4) is 0 Å². The van der Waals surface area contributed by atoms with Crippen LogP contribution < -0.4 is 5.73 Å². The molecule has 0 amide bonds. The summed E-state index contributed by atoms with van der Waals surface area (Å²) in [6.07, 6.45) is 0. The van der Waals surface area contributed by atoms with E-state index in [0.29, 0.717) is 0 Å². The lowest BCUT2D eigenvalue weighted by atomic mass is 9.93. The van der Waals surface area contributed by atoms with Gasteiger partial charge >= 0.3 is 5.97 Å². The van der Waals surface area contributed by atoms with Gasteiger partial charge in [-0.1, -0.05) is 0 Å². The van der Waals surface area contributed by atoms with Gasteiger partial charge in [0, 0.05) is 0 Å². The molecular weight excluding hydrogens is 162 g/mol. The summed E-state index contributed by atoms with van der Waals surface area (Å²) in [5.74, 6) is -3.59. The second-order valence-electron chi connectivity index (χ2n) is 2.56. The van der Waals surface area contributed by atoms with E-state index in [9.17, 15) is 14.4 Å². The van der Waals surface area contributed by atoms with Gasteiger partial charge in [-0.25, -0.2) is 0 Å². The highest BCUT2D eigenvalue weighted by Crippen LogP contribution is 2.05. The van der Waals surface area contributed by atoms with Gasteiger partial charge in [-0.3, -0.25) is 14.4 Å². The summed E-state index contributed by atoms with van der Waals surface area (Å²) in [4.78, 5) is 31.9. The molecule has 12 heavy (non-hydrogen) atoms. The molecule has 0 saturated heterocycles. The molecule has 0 aliphatic carbocycles. The summed E-state index contributed by atoms with van der Waals surface area (Å²) in [7, 11) is 0. The van der Waals surface area contributed by atoms with E-state index < -0.39 is 29.5 Å². The summed E-state index contributed by atoms with van der Waals surface area (Å²) in [5.41, 5.74) is 5.12. The monoisotopic (exact) mass is 173 g/mol. The predicted octanol–water partition coefficient (Wildman–Crippen LogP) is -0.807. The Labute approximate surface area is 69.5 Å². The summed E-state index contributed by atoms with van der Waals surface area (Å²) in [5, 5.41) is 8.42. The number of aliphatic carboxylic acids is 1. The van der Waals surface area contributed by atoms with Crippen LogP contribution in [-0.2, 0) is 14.4 Å². The van der Waals surface area contributed by atoms with Gasteiger partial charge in [0.1, 0.15) is 23.5 Å². The highest BCUT2D eigenvalue weighted by atomic mass is 16.4. The van der Waals surface area contributed by atoms with E-state index >= 15 is 0 Å². The molecule has 5 nitrogen and oxygen atoms in total. The van der Waals surface area contributed by atoms with Crippen molar-refractivity contribution in [3.8, 4) is 0 Å². The lowest BCUT2D eigenvalue weighted by Gasteiger charge is -2.13. The molecule has 3 N–H and O–H groups in total. The lowest BCUT2D eigenvalue weighted by Crippen LogP contribution is -2.44. The van der Waals surface area contributed by atoms with Gasteiger partial charge in [0.2, 0.25) is 0 Å². The van der Waals surface area contributed by atoms with Crippen LogP contribution in [0.2, 0.25) is 0 Å². The van der Waals surface area contributed by atoms with Gasteiger partial charge in [-0.2, -0.15) is 0 Å². The second-order valence-corrected chi connectivity index (χ2v) is 2.56. The minimum atomic E-state index is -1.43. The van der Waals surface area contributed by atoms with Crippen molar-refractivity contribution in [1.82, 2.24) is 0 Å². The third kappa shape index (κ3) is 2.43. The maximum absolute atomic E-state index is 10.8. The zero-order chi connectivity index (χ0) is 9.89. The smallest absolute Gasteiger partial charge is 0.321 e. The molecule has 0 aromatic carbocycles. The number of Topliss-reactive ketones (excluding diaryl/α,β-unsaturated/α-hetero) is 2. The van der Waals surface area contributed by atoms with Crippen molar-refractivity contribution >= 4 is 17.5 Å². The third-order valence-corrected chi connectivity index (χ3v) is 1.52. The van der Waals surface area contributed by atoms with Gasteiger partial charge in [0.15, 0.2) is 0 Å². The number of nitrogens with two attached hydrogens (primary N) is 1. The fourth-order valence-corrected chi connectivity index (χ4v) is 0.935. The first-order valence-electron chi connectivity index (χ1n) is 3.37. The van der Waals surface area contributed by atoms with Crippen molar-refractivity contribution in [2.45, 2.75) is 19.9 Å². The van der Waals surface area contributed by atoms with Crippen molar-refractivity contribution in [2.75, 3.05) is 0 Å². The Morgan fingerprint density at radius 3 is 1.58 bits per heavy atom. The lowest BCUT2D eigenvalue weighted by molar-refractivity contribution is -0.145. The first-order chi connectivity index (χ1) is 5.37. The van der Waals surface area contributed by atoms with Crippen molar-refractivity contribution in [1.29, 1.82) is 0 Å². The van der Waals surface area contributed by atoms with E-state index in [0.717, 1.165) is 13.8 Å². The molecular formula is C7H11NO4. The summed E-state index contributed by atoms with van der Waals surface area (Å²) in [6.45, 7) is 2.30. The summed E-state index contributed by atoms with van der Waals surface area (Å²) < 4.78 is 0. The van der Waals surface area contributed by atoms with Gasteiger partial charge in [-0.15, -0.1) is 0 Å². The molecule has 1 unspecified atom stereocenters. The zero-order valence-electron chi connectivity index (χ0n) is 6.90. The fraction of sp³-hybridized carbons (Fsp3) is 0.571. The number of hydrogen-bond donors (Lipinski definition) is 2. The molecule has 0 fully saturated rings. The Morgan fingerprint density at radius 2 is 1.50 bits per heavy atom. The molecule has 68 valence electrons. The van der Waals surface area contributed by atoms with Crippen LogP contribution in [0.25, 0.3) is 0 Å². The van der Waals surface area contributed by atoms with Crippen molar-refractivity contribution in [2.24, 2.45) is 11.7 Å². The summed E-state index contributed by atoms with van der Waals surface area (Å²) >= 11 is 0. The van der Waals surface area contributed by atoms with Crippen LogP contribution in [0.15, 0.2) is 0 Å². The number of rotatable bonds is 4. The number of ketones is 2. The number of carbonyl (C=O) groups excluding carboxylic acids is 2. The standard InChI is InChI=1S/C7H11NO4/c1-3(9)5(4(2)10)6(8)7(11)12/h5-6H,8H2,1-2H3,(H,11,12). The Hall–Kier alpha value is -1.23. The molecule has 1 atom stereocenters. The zero-order valence-corrected chi connectivity index (χ0v) is 6.90. The second kappa shape index (κ2) is 3.96. The molecule has 0 aromatic heterocycles. The molecule has 0 aliphatic rings. The molecule has 0 heterocycles. The Morgan fingerprint density at radius 1 is 1.17 bits per heavy atom. The average molecular weight is 173 g/mol. The van der Waals surface area contributed by atoms with E-state index in [2.05, 4.69) is 0 Å². The molecule has 0 spiro atoms. The largest absolute Gasteiger partial charge is 0.480 e.